The van der Waals surface area contributed by atoms with Crippen LogP contribution in [0.15, 0.2) is 18.5 Å². The molecule has 1 atom stereocenters. The average molecular weight is 313 g/mol. The molecule has 1 amide bonds. The molecule has 2 aromatic rings. The van der Waals surface area contributed by atoms with E-state index in [-0.39, 0.29) is 11.9 Å². The van der Waals surface area contributed by atoms with E-state index in [0.29, 0.717) is 11.6 Å². The third kappa shape index (κ3) is 2.56. The Morgan fingerprint density at radius 3 is 2.83 bits per heavy atom. The van der Waals surface area contributed by atoms with E-state index in [9.17, 15) is 4.79 Å². The molecular weight excluding hydrogens is 290 g/mol. The standard InChI is InChI=1S/C17H23N5O/c1-12-11-14(20-19-12)17(23)22-9-4-8-21-10-7-18-16(21)15(22)13-5-2-3-6-13/h7,10-11,13,15H,2-6,8-9H2,1H3,(H,19,20). The van der Waals surface area contributed by atoms with E-state index in [1.165, 1.54) is 25.7 Å². The van der Waals surface area contributed by atoms with Crippen molar-refractivity contribution in [2.24, 2.45) is 5.92 Å². The summed E-state index contributed by atoms with van der Waals surface area (Å²) in [5, 5.41) is 7.07. The van der Waals surface area contributed by atoms with Crippen LogP contribution in [0.1, 0.15) is 60.2 Å². The van der Waals surface area contributed by atoms with Crippen molar-refractivity contribution in [2.45, 2.75) is 51.6 Å². The zero-order valence-corrected chi connectivity index (χ0v) is 13.5. The van der Waals surface area contributed by atoms with Crippen LogP contribution in [0.5, 0.6) is 0 Å². The highest BCUT2D eigenvalue weighted by Gasteiger charge is 2.38. The fourth-order valence-electron chi connectivity index (χ4n) is 4.11. The maximum atomic E-state index is 13.1. The number of nitrogens with zero attached hydrogens (tertiary/aromatic N) is 4. The summed E-state index contributed by atoms with van der Waals surface area (Å²) >= 11 is 0. The van der Waals surface area contributed by atoms with E-state index in [0.717, 1.165) is 31.0 Å². The van der Waals surface area contributed by atoms with Crippen LogP contribution in [0.3, 0.4) is 0 Å². The number of aromatic amines is 1. The van der Waals surface area contributed by atoms with E-state index in [2.05, 4.69) is 19.7 Å². The van der Waals surface area contributed by atoms with E-state index in [1.807, 2.05) is 30.3 Å². The third-order valence-electron chi connectivity index (χ3n) is 5.18. The lowest BCUT2D eigenvalue weighted by atomic mass is 9.95. The number of hydrogen-bond acceptors (Lipinski definition) is 3. The number of hydrogen-bond donors (Lipinski definition) is 1. The molecule has 1 fully saturated rings. The summed E-state index contributed by atoms with van der Waals surface area (Å²) in [4.78, 5) is 19.7. The number of fused-ring (bicyclic) bond motifs is 1. The van der Waals surface area contributed by atoms with Gasteiger partial charge in [0.05, 0.1) is 6.04 Å². The van der Waals surface area contributed by atoms with Gasteiger partial charge in [-0.1, -0.05) is 12.8 Å². The van der Waals surface area contributed by atoms with Crippen molar-refractivity contribution < 1.29 is 4.79 Å². The molecule has 0 saturated heterocycles. The van der Waals surface area contributed by atoms with Crippen LogP contribution in [-0.4, -0.2) is 37.1 Å². The molecule has 6 heteroatoms. The summed E-state index contributed by atoms with van der Waals surface area (Å²) in [5.41, 5.74) is 1.44. The summed E-state index contributed by atoms with van der Waals surface area (Å²) in [6.07, 6.45) is 9.74. The van der Waals surface area contributed by atoms with Gasteiger partial charge in [0.25, 0.3) is 5.91 Å². The molecule has 1 saturated carbocycles. The summed E-state index contributed by atoms with van der Waals surface area (Å²) in [6.45, 7) is 3.63. The quantitative estimate of drug-likeness (QED) is 0.927. The maximum Gasteiger partial charge on any atom is 0.274 e. The molecule has 0 radical (unpaired) electrons. The minimum absolute atomic E-state index is 0.0303. The number of carbonyl (C=O) groups is 1. The maximum absolute atomic E-state index is 13.1. The van der Waals surface area contributed by atoms with Crippen LogP contribution in [0.25, 0.3) is 0 Å². The molecule has 1 unspecified atom stereocenters. The Morgan fingerprint density at radius 2 is 2.09 bits per heavy atom. The zero-order chi connectivity index (χ0) is 15.8. The number of amides is 1. The van der Waals surface area contributed by atoms with Gasteiger partial charge in [-0.05, 0) is 38.2 Å². The number of aromatic nitrogens is 4. The number of H-pyrrole nitrogens is 1. The first-order chi connectivity index (χ1) is 11.2. The molecule has 1 aliphatic carbocycles. The summed E-state index contributed by atoms with van der Waals surface area (Å²) in [5.74, 6) is 1.59. The van der Waals surface area contributed by atoms with Crippen LogP contribution in [-0.2, 0) is 6.54 Å². The van der Waals surface area contributed by atoms with Gasteiger partial charge in [-0.15, -0.1) is 0 Å². The Morgan fingerprint density at radius 1 is 1.26 bits per heavy atom. The topological polar surface area (TPSA) is 66.8 Å². The number of carbonyl (C=O) groups excluding carboxylic acids is 1. The fraction of sp³-hybridized carbons (Fsp3) is 0.588. The number of nitrogens with one attached hydrogen (secondary N) is 1. The molecule has 122 valence electrons. The highest BCUT2D eigenvalue weighted by Crippen LogP contribution is 2.40. The minimum atomic E-state index is 0.0303. The second kappa shape index (κ2) is 5.83. The SMILES string of the molecule is Cc1cc(C(=O)N2CCCn3ccnc3C2C2CCCC2)n[nH]1. The van der Waals surface area contributed by atoms with Crippen molar-refractivity contribution in [1.29, 1.82) is 0 Å². The molecule has 23 heavy (non-hydrogen) atoms. The van der Waals surface area contributed by atoms with E-state index >= 15 is 0 Å². The largest absolute Gasteiger partial charge is 0.333 e. The van der Waals surface area contributed by atoms with Crippen molar-refractivity contribution in [3.63, 3.8) is 0 Å². The summed E-state index contributed by atoms with van der Waals surface area (Å²) < 4.78 is 2.23. The summed E-state index contributed by atoms with van der Waals surface area (Å²) in [7, 11) is 0. The molecule has 2 aliphatic rings. The smallest absolute Gasteiger partial charge is 0.274 e. The normalized spacial score (nSPS) is 22.1. The van der Waals surface area contributed by atoms with Crippen molar-refractivity contribution >= 4 is 5.91 Å². The predicted molar refractivity (Wildman–Crippen MR) is 85.9 cm³/mol. The van der Waals surface area contributed by atoms with Gasteiger partial charge >= 0.3 is 0 Å². The second-order valence-electron chi connectivity index (χ2n) is 6.76. The van der Waals surface area contributed by atoms with Gasteiger partial charge in [0.1, 0.15) is 11.5 Å². The lowest BCUT2D eigenvalue weighted by molar-refractivity contribution is 0.0597. The lowest BCUT2D eigenvalue weighted by Gasteiger charge is -2.33. The second-order valence-corrected chi connectivity index (χ2v) is 6.76. The molecule has 2 aromatic heterocycles. The molecule has 1 aliphatic heterocycles. The van der Waals surface area contributed by atoms with Gasteiger partial charge in [0.2, 0.25) is 0 Å². The minimum Gasteiger partial charge on any atom is -0.333 e. The molecule has 0 aromatic carbocycles. The van der Waals surface area contributed by atoms with Crippen LogP contribution < -0.4 is 0 Å². The van der Waals surface area contributed by atoms with Gasteiger partial charge in [-0.2, -0.15) is 5.10 Å². The first-order valence-electron chi connectivity index (χ1n) is 8.58. The highest BCUT2D eigenvalue weighted by atomic mass is 16.2. The highest BCUT2D eigenvalue weighted by molar-refractivity contribution is 5.92. The van der Waals surface area contributed by atoms with Crippen molar-refractivity contribution in [1.82, 2.24) is 24.6 Å². The van der Waals surface area contributed by atoms with Crippen LogP contribution in [0.4, 0.5) is 0 Å². The average Bonchev–Trinajstić information content (AvgIpc) is 3.27. The van der Waals surface area contributed by atoms with Gasteiger partial charge < -0.3 is 9.47 Å². The number of aryl methyl sites for hydroxylation is 2. The first kappa shape index (κ1) is 14.5. The Hall–Kier alpha value is -2.11. The van der Waals surface area contributed by atoms with E-state index < -0.39 is 0 Å². The molecule has 6 nitrogen and oxygen atoms in total. The van der Waals surface area contributed by atoms with Gasteiger partial charge in [-0.3, -0.25) is 9.89 Å². The Kier molecular flexibility index (Phi) is 3.67. The lowest BCUT2D eigenvalue weighted by Crippen LogP contribution is -2.38. The molecule has 3 heterocycles. The predicted octanol–water partition coefficient (Wildman–Crippen LogP) is 2.69. The molecule has 0 bridgehead atoms. The van der Waals surface area contributed by atoms with Crippen molar-refractivity contribution in [3.05, 3.63) is 35.7 Å². The Balaban J connectivity index is 1.72. The number of rotatable bonds is 2. The first-order valence-corrected chi connectivity index (χ1v) is 8.58. The molecule has 1 N–H and O–H groups in total. The number of imidazole rings is 1. The van der Waals surface area contributed by atoms with Crippen LogP contribution >= 0.6 is 0 Å². The van der Waals surface area contributed by atoms with Crippen molar-refractivity contribution in [3.8, 4) is 0 Å². The fourth-order valence-corrected chi connectivity index (χ4v) is 4.11. The Bertz CT molecular complexity index is 697. The Labute approximate surface area is 135 Å². The van der Waals surface area contributed by atoms with Gasteiger partial charge in [-0.25, -0.2) is 4.98 Å². The van der Waals surface area contributed by atoms with Gasteiger partial charge in [0.15, 0.2) is 0 Å². The van der Waals surface area contributed by atoms with E-state index in [1.54, 1.807) is 0 Å². The third-order valence-corrected chi connectivity index (χ3v) is 5.18. The van der Waals surface area contributed by atoms with Crippen molar-refractivity contribution in [2.75, 3.05) is 6.54 Å². The van der Waals surface area contributed by atoms with Crippen LogP contribution in [0.2, 0.25) is 0 Å². The zero-order valence-electron chi connectivity index (χ0n) is 13.5. The van der Waals surface area contributed by atoms with Gasteiger partial charge in [0, 0.05) is 31.2 Å². The molecule has 0 spiro atoms. The van der Waals surface area contributed by atoms with Crippen LogP contribution in [0, 0.1) is 12.8 Å². The monoisotopic (exact) mass is 313 g/mol. The molecular formula is C17H23N5O. The van der Waals surface area contributed by atoms with E-state index in [4.69, 9.17) is 0 Å². The molecule has 4 rings (SSSR count). The summed E-state index contributed by atoms with van der Waals surface area (Å²) in [6, 6.07) is 1.92.